The molecule has 11 heteroatoms. The van der Waals surface area contributed by atoms with E-state index in [2.05, 4.69) is 10.3 Å². The number of hydrogen-bond donors (Lipinski definition) is 2. The summed E-state index contributed by atoms with van der Waals surface area (Å²) in [6, 6.07) is 14.2. The van der Waals surface area contributed by atoms with Gasteiger partial charge in [0.15, 0.2) is 5.17 Å². The first-order valence-corrected chi connectivity index (χ1v) is 11.8. The lowest BCUT2D eigenvalue weighted by Crippen LogP contribution is -2.46. The lowest BCUT2D eigenvalue weighted by atomic mass is 10.0. The average molecular weight is 461 g/mol. The molecule has 1 atom stereocenters. The van der Waals surface area contributed by atoms with Gasteiger partial charge in [-0.15, -0.1) is 0 Å². The quantitative estimate of drug-likeness (QED) is 0.632. The number of benzene rings is 2. The van der Waals surface area contributed by atoms with Crippen LogP contribution in [0.2, 0.25) is 0 Å². The van der Waals surface area contributed by atoms with Crippen molar-refractivity contribution in [1.29, 1.82) is 0 Å². The first kappa shape index (κ1) is 22.7. The maximum atomic E-state index is 12.9. The van der Waals surface area contributed by atoms with Gasteiger partial charge < -0.3 is 5.32 Å². The third kappa shape index (κ3) is 5.37. The molecule has 1 unspecified atom stereocenters. The van der Waals surface area contributed by atoms with Gasteiger partial charge in [0.05, 0.1) is 16.3 Å². The maximum absolute atomic E-state index is 12.9. The number of thioether (sulfide) groups is 1. The lowest BCUT2D eigenvalue weighted by molar-refractivity contribution is -0.132. The molecule has 9 nitrogen and oxygen atoms in total. The molecule has 1 aliphatic heterocycles. The van der Waals surface area contributed by atoms with Crippen molar-refractivity contribution in [2.45, 2.75) is 18.2 Å². The highest BCUT2D eigenvalue weighted by Gasteiger charge is 2.37. The van der Waals surface area contributed by atoms with E-state index in [0.29, 0.717) is 17.8 Å². The van der Waals surface area contributed by atoms with Gasteiger partial charge in [0.1, 0.15) is 5.92 Å². The summed E-state index contributed by atoms with van der Waals surface area (Å²) < 4.78 is 22.6. The van der Waals surface area contributed by atoms with E-state index in [1.54, 1.807) is 37.3 Å². The molecule has 0 spiro atoms. The molecule has 2 aromatic rings. The van der Waals surface area contributed by atoms with Crippen LogP contribution in [0.4, 0.5) is 11.4 Å². The summed E-state index contributed by atoms with van der Waals surface area (Å²) in [5.74, 6) is -2.29. The zero-order valence-corrected chi connectivity index (χ0v) is 18.2. The second kappa shape index (κ2) is 9.41. The Morgan fingerprint density at radius 3 is 2.35 bits per heavy atom. The molecule has 0 aliphatic carbocycles. The molecule has 3 rings (SSSR count). The first-order valence-electron chi connectivity index (χ1n) is 9.27. The zero-order valence-electron chi connectivity index (χ0n) is 16.5. The standard InChI is InChI=1S/C20H20N4O5S2/c1-2-16-18(26)23-20(24(19(16)27)14-6-4-3-5-7-14)30-12-17(25)22-13-8-10-15(11-9-13)31(21,28)29/h3-11,16H,2,12H2,1H3,(H,22,25)(H2,21,28,29). The zero-order chi connectivity index (χ0) is 22.6. The highest BCUT2D eigenvalue weighted by atomic mass is 32.2. The number of sulfonamides is 1. The van der Waals surface area contributed by atoms with Crippen molar-refractivity contribution in [2.75, 3.05) is 16.0 Å². The minimum atomic E-state index is -3.82. The Labute approximate surface area is 183 Å². The summed E-state index contributed by atoms with van der Waals surface area (Å²) in [7, 11) is -3.82. The largest absolute Gasteiger partial charge is 0.325 e. The van der Waals surface area contributed by atoms with Crippen LogP contribution in [0.25, 0.3) is 0 Å². The fourth-order valence-corrected chi connectivity index (χ4v) is 4.22. The highest BCUT2D eigenvalue weighted by molar-refractivity contribution is 8.14. The number of nitrogens with zero attached hydrogens (tertiary/aromatic N) is 2. The van der Waals surface area contributed by atoms with Crippen molar-refractivity contribution < 1.29 is 22.8 Å². The number of nitrogens with one attached hydrogen (secondary N) is 1. The van der Waals surface area contributed by atoms with E-state index >= 15 is 0 Å². The van der Waals surface area contributed by atoms with E-state index in [9.17, 15) is 22.8 Å². The number of para-hydroxylation sites is 1. The molecule has 3 amide bonds. The van der Waals surface area contributed by atoms with Gasteiger partial charge in [-0.25, -0.2) is 13.6 Å². The lowest BCUT2D eigenvalue weighted by Gasteiger charge is -2.30. The number of amidine groups is 1. The number of anilines is 2. The number of nitrogens with two attached hydrogens (primary N) is 1. The van der Waals surface area contributed by atoms with Crippen LogP contribution in [-0.2, 0) is 24.4 Å². The van der Waals surface area contributed by atoms with Gasteiger partial charge in [0.25, 0.3) is 5.91 Å². The van der Waals surface area contributed by atoms with Crippen LogP contribution < -0.4 is 15.4 Å². The molecular formula is C20H20N4O5S2. The van der Waals surface area contributed by atoms with Gasteiger partial charge in [0, 0.05) is 5.69 Å². The molecule has 0 fully saturated rings. The highest BCUT2D eigenvalue weighted by Crippen LogP contribution is 2.27. The maximum Gasteiger partial charge on any atom is 0.260 e. The van der Waals surface area contributed by atoms with Crippen molar-refractivity contribution in [2.24, 2.45) is 16.0 Å². The van der Waals surface area contributed by atoms with E-state index in [4.69, 9.17) is 5.14 Å². The van der Waals surface area contributed by atoms with Crippen molar-refractivity contribution in [1.82, 2.24) is 0 Å². The monoisotopic (exact) mass is 460 g/mol. The molecule has 0 saturated carbocycles. The van der Waals surface area contributed by atoms with Crippen LogP contribution in [0.1, 0.15) is 13.3 Å². The normalized spacial score (nSPS) is 16.8. The summed E-state index contributed by atoms with van der Waals surface area (Å²) in [6.07, 6.45) is 0.331. The van der Waals surface area contributed by atoms with Crippen molar-refractivity contribution in [3.05, 3.63) is 54.6 Å². The van der Waals surface area contributed by atoms with Gasteiger partial charge >= 0.3 is 0 Å². The fourth-order valence-electron chi connectivity index (χ4n) is 2.89. The van der Waals surface area contributed by atoms with Crippen LogP contribution in [0.3, 0.4) is 0 Å². The topological polar surface area (TPSA) is 139 Å². The SMILES string of the molecule is CCC1C(=O)N=C(SCC(=O)Nc2ccc(S(N)(=O)=O)cc2)N(c2ccccc2)C1=O. The number of carbonyl (C=O) groups excluding carboxylic acids is 3. The Balaban J connectivity index is 1.73. The molecule has 0 aromatic heterocycles. The molecule has 3 N–H and O–H groups in total. The third-order valence-corrected chi connectivity index (χ3v) is 6.30. The number of carbonyl (C=O) groups is 3. The molecule has 31 heavy (non-hydrogen) atoms. The Hall–Kier alpha value is -3.02. The van der Waals surface area contributed by atoms with Crippen LogP contribution >= 0.6 is 11.8 Å². The Kier molecular flexibility index (Phi) is 6.88. The van der Waals surface area contributed by atoms with Gasteiger partial charge in [0.2, 0.25) is 21.8 Å². The van der Waals surface area contributed by atoms with E-state index in [1.165, 1.54) is 29.2 Å². The van der Waals surface area contributed by atoms with Crippen molar-refractivity contribution >= 4 is 56.0 Å². The van der Waals surface area contributed by atoms with E-state index in [-0.39, 0.29) is 21.7 Å². The number of rotatable bonds is 6. The van der Waals surface area contributed by atoms with E-state index < -0.39 is 27.8 Å². The molecule has 1 aliphatic rings. The van der Waals surface area contributed by atoms with Gasteiger partial charge in [-0.05, 0) is 42.8 Å². The van der Waals surface area contributed by atoms with Crippen LogP contribution in [0, 0.1) is 5.92 Å². The third-order valence-electron chi connectivity index (χ3n) is 4.44. The molecule has 162 valence electrons. The van der Waals surface area contributed by atoms with Crippen LogP contribution in [-0.4, -0.2) is 37.1 Å². The van der Waals surface area contributed by atoms with Crippen LogP contribution in [0.15, 0.2) is 64.5 Å². The minimum Gasteiger partial charge on any atom is -0.325 e. The van der Waals surface area contributed by atoms with Crippen LogP contribution in [0.5, 0.6) is 0 Å². The molecular weight excluding hydrogens is 440 g/mol. The summed E-state index contributed by atoms with van der Waals surface area (Å²) in [5.41, 5.74) is 0.936. The average Bonchev–Trinajstić information content (AvgIpc) is 2.73. The predicted octanol–water partition coefficient (Wildman–Crippen LogP) is 1.96. The van der Waals surface area contributed by atoms with Gasteiger partial charge in [-0.1, -0.05) is 36.9 Å². The summed E-state index contributed by atoms with van der Waals surface area (Å²) in [5, 5.41) is 7.80. The second-order valence-corrected chi connectivity index (χ2v) is 9.11. The molecule has 0 saturated heterocycles. The number of primary sulfonamides is 1. The molecule has 0 radical (unpaired) electrons. The predicted molar refractivity (Wildman–Crippen MR) is 119 cm³/mol. The smallest absolute Gasteiger partial charge is 0.260 e. The van der Waals surface area contributed by atoms with Crippen molar-refractivity contribution in [3.8, 4) is 0 Å². The summed E-state index contributed by atoms with van der Waals surface area (Å²) in [4.78, 5) is 42.8. The molecule has 0 bridgehead atoms. The Morgan fingerprint density at radius 1 is 1.13 bits per heavy atom. The van der Waals surface area contributed by atoms with Gasteiger partial charge in [-0.2, -0.15) is 4.99 Å². The van der Waals surface area contributed by atoms with Gasteiger partial charge in [-0.3, -0.25) is 19.3 Å². The van der Waals surface area contributed by atoms with E-state index in [1.807, 2.05) is 0 Å². The second-order valence-electron chi connectivity index (χ2n) is 6.61. The first-order chi connectivity index (χ1) is 14.7. The summed E-state index contributed by atoms with van der Waals surface area (Å²) in [6.45, 7) is 1.74. The number of aliphatic imine (C=N–C) groups is 1. The minimum absolute atomic E-state index is 0.0718. The summed E-state index contributed by atoms with van der Waals surface area (Å²) >= 11 is 0.961. The Bertz CT molecular complexity index is 1130. The molecule has 2 aromatic carbocycles. The van der Waals surface area contributed by atoms with Crippen molar-refractivity contribution in [3.63, 3.8) is 0 Å². The number of amides is 3. The molecule has 1 heterocycles. The fraction of sp³-hybridized carbons (Fsp3) is 0.200. The number of hydrogen-bond acceptors (Lipinski definition) is 6. The Morgan fingerprint density at radius 2 is 1.77 bits per heavy atom. The van der Waals surface area contributed by atoms with E-state index in [0.717, 1.165) is 11.8 Å².